The maximum atomic E-state index is 13.1. The second kappa shape index (κ2) is 8.13. The molecule has 25 heavy (non-hydrogen) atoms. The van der Waals surface area contributed by atoms with Gasteiger partial charge in [0.2, 0.25) is 5.91 Å². The molecule has 8 heteroatoms. The first-order chi connectivity index (χ1) is 12.1. The van der Waals surface area contributed by atoms with Crippen molar-refractivity contribution in [1.82, 2.24) is 20.1 Å². The summed E-state index contributed by atoms with van der Waals surface area (Å²) in [5, 5.41) is 11.9. The molecule has 0 unspecified atom stereocenters. The van der Waals surface area contributed by atoms with Crippen molar-refractivity contribution in [3.8, 4) is 5.69 Å². The predicted molar refractivity (Wildman–Crippen MR) is 95.3 cm³/mol. The van der Waals surface area contributed by atoms with Crippen molar-refractivity contribution in [3.63, 3.8) is 0 Å². The lowest BCUT2D eigenvalue weighted by molar-refractivity contribution is -0.118. The Morgan fingerprint density at radius 3 is 2.88 bits per heavy atom. The monoisotopic (exact) mass is 376 g/mol. The number of carbonyl (C=O) groups is 1. The number of carbonyl (C=O) groups excluding carboxylic acids is 1. The molecule has 0 spiro atoms. The summed E-state index contributed by atoms with van der Waals surface area (Å²) in [5.41, 5.74) is 1.53. The van der Waals surface area contributed by atoms with Crippen LogP contribution in [0.3, 0.4) is 0 Å². The van der Waals surface area contributed by atoms with E-state index >= 15 is 0 Å². The lowest BCUT2D eigenvalue weighted by Crippen LogP contribution is -2.24. The van der Waals surface area contributed by atoms with Crippen LogP contribution in [0.2, 0.25) is 5.02 Å². The number of hydrogen-bond donors (Lipinski definition) is 1. The number of aromatic nitrogens is 3. The van der Waals surface area contributed by atoms with Gasteiger partial charge in [0.15, 0.2) is 5.16 Å². The fourth-order valence-electron chi connectivity index (χ4n) is 2.15. The third kappa shape index (κ3) is 4.80. The smallest absolute Gasteiger partial charge is 0.230 e. The number of nitrogens with zero attached hydrogens (tertiary/aromatic N) is 3. The quantitative estimate of drug-likeness (QED) is 0.669. The third-order valence-corrected chi connectivity index (χ3v) is 4.49. The van der Waals surface area contributed by atoms with Crippen LogP contribution in [-0.4, -0.2) is 26.4 Å². The highest BCUT2D eigenvalue weighted by atomic mass is 35.5. The summed E-state index contributed by atoms with van der Waals surface area (Å²) in [4.78, 5) is 12.0. The van der Waals surface area contributed by atoms with E-state index in [1.54, 1.807) is 35.2 Å². The van der Waals surface area contributed by atoms with Gasteiger partial charge in [-0.3, -0.25) is 9.36 Å². The number of halogens is 2. The van der Waals surface area contributed by atoms with Crippen LogP contribution >= 0.6 is 23.4 Å². The lowest BCUT2D eigenvalue weighted by Gasteiger charge is -2.07. The number of benzene rings is 2. The molecule has 0 radical (unpaired) electrons. The minimum absolute atomic E-state index is 0.171. The summed E-state index contributed by atoms with van der Waals surface area (Å²) >= 11 is 7.26. The minimum Gasteiger partial charge on any atom is -0.351 e. The number of rotatable bonds is 6. The molecule has 1 aromatic heterocycles. The van der Waals surface area contributed by atoms with Gasteiger partial charge in [-0.15, -0.1) is 10.2 Å². The van der Waals surface area contributed by atoms with Crippen molar-refractivity contribution in [2.75, 3.05) is 5.75 Å². The minimum atomic E-state index is -0.323. The van der Waals surface area contributed by atoms with E-state index < -0.39 is 0 Å². The van der Waals surface area contributed by atoms with Crippen LogP contribution in [0.4, 0.5) is 4.39 Å². The summed E-state index contributed by atoms with van der Waals surface area (Å²) < 4.78 is 14.9. The molecule has 0 bridgehead atoms. The molecule has 0 aliphatic rings. The van der Waals surface area contributed by atoms with E-state index in [0.29, 0.717) is 15.7 Å². The zero-order valence-corrected chi connectivity index (χ0v) is 14.6. The fourth-order valence-corrected chi connectivity index (χ4v) is 3.10. The Kier molecular flexibility index (Phi) is 5.67. The van der Waals surface area contributed by atoms with Crippen molar-refractivity contribution in [2.24, 2.45) is 0 Å². The van der Waals surface area contributed by atoms with Crippen molar-refractivity contribution in [1.29, 1.82) is 0 Å². The van der Waals surface area contributed by atoms with Crippen LogP contribution in [0.5, 0.6) is 0 Å². The van der Waals surface area contributed by atoms with Gasteiger partial charge >= 0.3 is 0 Å². The first-order valence-corrected chi connectivity index (χ1v) is 8.78. The molecule has 3 aromatic rings. The Labute approximate surface area is 153 Å². The first-order valence-electron chi connectivity index (χ1n) is 7.42. The molecule has 2 aromatic carbocycles. The summed E-state index contributed by atoms with van der Waals surface area (Å²) in [7, 11) is 0. The summed E-state index contributed by atoms with van der Waals surface area (Å²) in [6.07, 6.45) is 1.57. The molecule has 5 nitrogen and oxygen atoms in total. The summed E-state index contributed by atoms with van der Waals surface area (Å²) in [6, 6.07) is 13.4. The largest absolute Gasteiger partial charge is 0.351 e. The van der Waals surface area contributed by atoms with E-state index in [1.807, 2.05) is 12.1 Å². The van der Waals surface area contributed by atoms with E-state index in [2.05, 4.69) is 15.5 Å². The second-order valence-electron chi connectivity index (χ2n) is 5.16. The van der Waals surface area contributed by atoms with Crippen LogP contribution in [-0.2, 0) is 11.3 Å². The summed E-state index contributed by atoms with van der Waals surface area (Å²) in [5.74, 6) is -0.320. The van der Waals surface area contributed by atoms with E-state index in [4.69, 9.17) is 11.6 Å². The maximum absolute atomic E-state index is 13.1. The molecule has 0 fully saturated rings. The van der Waals surface area contributed by atoms with Gasteiger partial charge in [-0.1, -0.05) is 41.6 Å². The lowest BCUT2D eigenvalue weighted by atomic mass is 10.2. The SMILES string of the molecule is O=C(CSc1nncn1-c1cccc(Cl)c1)NCc1cccc(F)c1. The molecule has 128 valence electrons. The van der Waals surface area contributed by atoms with E-state index in [0.717, 1.165) is 5.69 Å². The standard InChI is InChI=1S/C17H14ClFN4OS/c18-13-4-2-6-15(8-13)23-11-21-22-17(23)25-10-16(24)20-9-12-3-1-5-14(19)7-12/h1-8,11H,9-10H2,(H,20,24). The van der Waals surface area contributed by atoms with Crippen LogP contribution in [0, 0.1) is 5.82 Å². The Hall–Kier alpha value is -2.38. The molecule has 0 saturated carbocycles. The van der Waals surface area contributed by atoms with E-state index in [9.17, 15) is 9.18 Å². The Morgan fingerprint density at radius 1 is 1.24 bits per heavy atom. The molecule has 0 aliphatic carbocycles. The van der Waals surface area contributed by atoms with Crippen LogP contribution in [0.25, 0.3) is 5.69 Å². The number of thioether (sulfide) groups is 1. The first kappa shape index (κ1) is 17.4. The maximum Gasteiger partial charge on any atom is 0.230 e. The Morgan fingerprint density at radius 2 is 2.08 bits per heavy atom. The molecule has 3 rings (SSSR count). The Bertz CT molecular complexity index is 886. The van der Waals surface area contributed by atoms with Gasteiger partial charge in [0, 0.05) is 11.6 Å². The average Bonchev–Trinajstić information content (AvgIpc) is 3.07. The van der Waals surface area contributed by atoms with Crippen LogP contribution in [0.15, 0.2) is 60.0 Å². The zero-order valence-electron chi connectivity index (χ0n) is 13.0. The number of nitrogens with one attached hydrogen (secondary N) is 1. The average molecular weight is 377 g/mol. The van der Waals surface area contributed by atoms with Gasteiger partial charge in [-0.05, 0) is 35.9 Å². The molecule has 1 N–H and O–H groups in total. The van der Waals surface area contributed by atoms with Gasteiger partial charge in [0.05, 0.1) is 11.4 Å². The number of amides is 1. The highest BCUT2D eigenvalue weighted by Crippen LogP contribution is 2.21. The molecule has 0 saturated heterocycles. The van der Waals surface area contributed by atoms with Gasteiger partial charge in [0.1, 0.15) is 12.1 Å². The molecule has 0 aliphatic heterocycles. The predicted octanol–water partition coefficient (Wildman–Crippen LogP) is 3.47. The molecular weight excluding hydrogens is 363 g/mol. The highest BCUT2D eigenvalue weighted by molar-refractivity contribution is 7.99. The van der Waals surface area contributed by atoms with Crippen molar-refractivity contribution in [2.45, 2.75) is 11.7 Å². The normalized spacial score (nSPS) is 10.6. The van der Waals surface area contributed by atoms with Gasteiger partial charge in [-0.2, -0.15) is 0 Å². The third-order valence-electron chi connectivity index (χ3n) is 3.31. The highest BCUT2D eigenvalue weighted by Gasteiger charge is 2.10. The van der Waals surface area contributed by atoms with Crippen molar-refractivity contribution >= 4 is 29.3 Å². The van der Waals surface area contributed by atoms with E-state index in [-0.39, 0.29) is 24.0 Å². The topological polar surface area (TPSA) is 59.8 Å². The van der Waals surface area contributed by atoms with Gasteiger partial charge in [0.25, 0.3) is 0 Å². The van der Waals surface area contributed by atoms with Crippen LogP contribution < -0.4 is 5.32 Å². The fraction of sp³-hybridized carbons (Fsp3) is 0.118. The second-order valence-corrected chi connectivity index (χ2v) is 6.54. The van der Waals surface area contributed by atoms with Crippen LogP contribution in [0.1, 0.15) is 5.56 Å². The van der Waals surface area contributed by atoms with Gasteiger partial charge < -0.3 is 5.32 Å². The molecule has 1 amide bonds. The Balaban J connectivity index is 1.57. The molecular formula is C17H14ClFN4OS. The number of hydrogen-bond acceptors (Lipinski definition) is 4. The van der Waals surface area contributed by atoms with E-state index in [1.165, 1.54) is 23.9 Å². The molecule has 1 heterocycles. The van der Waals surface area contributed by atoms with Gasteiger partial charge in [-0.25, -0.2) is 4.39 Å². The van der Waals surface area contributed by atoms with Crippen molar-refractivity contribution < 1.29 is 9.18 Å². The summed E-state index contributed by atoms with van der Waals surface area (Å²) in [6.45, 7) is 0.276. The van der Waals surface area contributed by atoms with Crippen molar-refractivity contribution in [3.05, 3.63) is 71.3 Å². The zero-order chi connectivity index (χ0) is 17.6. The molecule has 0 atom stereocenters.